The second-order valence-electron chi connectivity index (χ2n) is 9.29. The van der Waals surface area contributed by atoms with E-state index in [1.807, 2.05) is 18.2 Å². The molecular weight excluding hydrogens is 481 g/mol. The number of aryl methyl sites for hydroxylation is 2. The van der Waals surface area contributed by atoms with Crippen LogP contribution in [0.2, 0.25) is 0 Å². The van der Waals surface area contributed by atoms with E-state index >= 15 is 0 Å². The lowest BCUT2D eigenvalue weighted by molar-refractivity contribution is -0.126. The third-order valence-corrected chi connectivity index (χ3v) is 7.25. The SMILES string of the molecule is NC(=O)[C@@H]1CCCC[C@H]1N(Cl)c1ccnc(Nc2ccc3c(c2)CCC(NCC(F)(F)F)CC3)n1. The van der Waals surface area contributed by atoms with Crippen molar-refractivity contribution in [3.8, 4) is 0 Å². The molecule has 190 valence electrons. The molecule has 1 unspecified atom stereocenters. The van der Waals surface area contributed by atoms with Crippen molar-refractivity contribution in [1.29, 1.82) is 0 Å². The zero-order valence-corrected chi connectivity index (χ0v) is 20.1. The van der Waals surface area contributed by atoms with Gasteiger partial charge in [0.15, 0.2) is 0 Å². The van der Waals surface area contributed by atoms with Gasteiger partial charge in [-0.1, -0.05) is 18.9 Å². The van der Waals surface area contributed by atoms with Crippen molar-refractivity contribution in [3.63, 3.8) is 0 Å². The Morgan fingerprint density at radius 1 is 1.11 bits per heavy atom. The standard InChI is InChI=1S/C24H30ClF3N6O/c25-34(20-4-2-1-3-19(20)22(29)35)21-11-12-30-23(33-21)32-18-10-6-15-5-8-17(9-7-16(15)13-18)31-14-24(26,27)28/h6,10-13,17,19-20,31H,1-5,7-9,14H2,(H2,29,35)(H,30,32,33)/t17?,19-,20-/m1/s1. The molecule has 2 aliphatic rings. The molecule has 1 aromatic carbocycles. The summed E-state index contributed by atoms with van der Waals surface area (Å²) < 4.78 is 39.2. The highest BCUT2D eigenvalue weighted by Crippen LogP contribution is 2.33. The molecule has 0 saturated heterocycles. The zero-order valence-electron chi connectivity index (χ0n) is 19.3. The fourth-order valence-electron chi connectivity index (χ4n) is 4.99. The number of nitrogens with zero attached hydrogens (tertiary/aromatic N) is 3. The maximum absolute atomic E-state index is 12.6. The number of fused-ring (bicyclic) bond motifs is 1. The van der Waals surface area contributed by atoms with Crippen LogP contribution in [-0.2, 0) is 17.6 Å². The molecule has 3 atom stereocenters. The molecule has 1 heterocycles. The van der Waals surface area contributed by atoms with Crippen LogP contribution in [0, 0.1) is 5.92 Å². The van der Waals surface area contributed by atoms with E-state index in [1.54, 1.807) is 12.3 Å². The van der Waals surface area contributed by atoms with Crippen molar-refractivity contribution in [2.45, 2.75) is 69.6 Å². The third-order valence-electron chi connectivity index (χ3n) is 6.82. The van der Waals surface area contributed by atoms with Crippen LogP contribution in [0.5, 0.6) is 0 Å². The Morgan fingerprint density at radius 2 is 1.86 bits per heavy atom. The number of hydrogen-bond donors (Lipinski definition) is 3. The summed E-state index contributed by atoms with van der Waals surface area (Å²) in [6, 6.07) is 7.22. The van der Waals surface area contributed by atoms with Gasteiger partial charge in [-0.25, -0.2) is 4.98 Å². The predicted molar refractivity (Wildman–Crippen MR) is 130 cm³/mol. The van der Waals surface area contributed by atoms with Gasteiger partial charge in [0, 0.05) is 35.8 Å². The molecule has 1 aromatic heterocycles. The van der Waals surface area contributed by atoms with Gasteiger partial charge in [-0.2, -0.15) is 18.2 Å². The van der Waals surface area contributed by atoms with Crippen molar-refractivity contribution in [2.24, 2.45) is 11.7 Å². The van der Waals surface area contributed by atoms with Gasteiger partial charge in [-0.05, 0) is 61.8 Å². The van der Waals surface area contributed by atoms with E-state index in [1.165, 1.54) is 4.42 Å². The molecule has 35 heavy (non-hydrogen) atoms. The van der Waals surface area contributed by atoms with Gasteiger partial charge in [0.05, 0.1) is 18.5 Å². The fraction of sp³-hybridized carbons (Fsp3) is 0.542. The third kappa shape index (κ3) is 6.76. The summed E-state index contributed by atoms with van der Waals surface area (Å²) in [7, 11) is 0. The first-order valence-corrected chi connectivity index (χ1v) is 12.3. The van der Waals surface area contributed by atoms with E-state index in [0.717, 1.165) is 42.5 Å². The number of anilines is 3. The van der Waals surface area contributed by atoms with Crippen LogP contribution < -0.4 is 20.8 Å². The quantitative estimate of drug-likeness (QED) is 0.371. The lowest BCUT2D eigenvalue weighted by Gasteiger charge is -2.34. The number of benzene rings is 1. The monoisotopic (exact) mass is 510 g/mol. The average molecular weight is 511 g/mol. The average Bonchev–Trinajstić information content (AvgIpc) is 3.04. The minimum atomic E-state index is -4.21. The smallest absolute Gasteiger partial charge is 0.369 e. The molecule has 2 aliphatic carbocycles. The molecule has 0 aliphatic heterocycles. The van der Waals surface area contributed by atoms with Crippen LogP contribution in [0.15, 0.2) is 30.5 Å². The molecule has 2 aromatic rings. The van der Waals surface area contributed by atoms with Crippen LogP contribution in [0.4, 0.5) is 30.6 Å². The summed E-state index contributed by atoms with van der Waals surface area (Å²) in [5, 5.41) is 5.84. The lowest BCUT2D eigenvalue weighted by Crippen LogP contribution is -2.44. The van der Waals surface area contributed by atoms with Crippen molar-refractivity contribution in [1.82, 2.24) is 15.3 Å². The van der Waals surface area contributed by atoms with E-state index in [0.29, 0.717) is 37.4 Å². The number of amides is 1. The fourth-order valence-corrected chi connectivity index (χ4v) is 5.32. The number of nitrogens with two attached hydrogens (primary N) is 1. The number of aromatic nitrogens is 2. The van der Waals surface area contributed by atoms with Gasteiger partial charge in [-0.15, -0.1) is 0 Å². The topological polar surface area (TPSA) is 96.2 Å². The molecule has 4 N–H and O–H groups in total. The molecule has 1 fully saturated rings. The highest BCUT2D eigenvalue weighted by molar-refractivity contribution is 6.25. The molecule has 1 saturated carbocycles. The Balaban J connectivity index is 1.42. The van der Waals surface area contributed by atoms with Crippen LogP contribution in [0.3, 0.4) is 0 Å². The summed E-state index contributed by atoms with van der Waals surface area (Å²) in [4.78, 5) is 20.7. The number of nitrogens with one attached hydrogen (secondary N) is 2. The van der Waals surface area contributed by atoms with Gasteiger partial charge in [0.25, 0.3) is 0 Å². The van der Waals surface area contributed by atoms with E-state index in [4.69, 9.17) is 17.5 Å². The number of carbonyl (C=O) groups is 1. The maximum atomic E-state index is 12.6. The predicted octanol–water partition coefficient (Wildman–Crippen LogP) is 4.62. The highest BCUT2D eigenvalue weighted by atomic mass is 35.5. The van der Waals surface area contributed by atoms with Gasteiger partial charge >= 0.3 is 6.18 Å². The van der Waals surface area contributed by atoms with Crippen LogP contribution in [0.1, 0.15) is 49.7 Å². The second kappa shape index (κ2) is 11.0. The lowest BCUT2D eigenvalue weighted by atomic mass is 9.84. The second-order valence-corrected chi connectivity index (χ2v) is 9.65. The summed E-state index contributed by atoms with van der Waals surface area (Å²) in [6.45, 7) is -0.965. The van der Waals surface area contributed by atoms with E-state index in [9.17, 15) is 18.0 Å². The Bertz CT molecular complexity index is 1040. The summed E-state index contributed by atoms with van der Waals surface area (Å²) in [5.41, 5.74) is 8.63. The first-order chi connectivity index (χ1) is 16.7. The molecule has 4 rings (SSSR count). The number of carbonyl (C=O) groups excluding carboxylic acids is 1. The minimum absolute atomic E-state index is 0.167. The maximum Gasteiger partial charge on any atom is 0.401 e. The minimum Gasteiger partial charge on any atom is -0.369 e. The first kappa shape index (κ1) is 25.5. The molecular formula is C24H30ClF3N6O. The highest BCUT2D eigenvalue weighted by Gasteiger charge is 2.34. The van der Waals surface area contributed by atoms with Gasteiger partial charge in [-0.3, -0.25) is 9.21 Å². The zero-order chi connectivity index (χ0) is 25.0. The molecule has 11 heteroatoms. The molecule has 0 radical (unpaired) electrons. The Hall–Kier alpha value is -2.59. The molecule has 0 spiro atoms. The van der Waals surface area contributed by atoms with Gasteiger partial charge < -0.3 is 16.4 Å². The van der Waals surface area contributed by atoms with Crippen molar-refractivity contribution >= 4 is 35.1 Å². The number of rotatable bonds is 7. The number of halogens is 4. The van der Waals surface area contributed by atoms with Crippen LogP contribution >= 0.6 is 11.8 Å². The van der Waals surface area contributed by atoms with Crippen LogP contribution in [-0.4, -0.2) is 40.7 Å². The first-order valence-electron chi connectivity index (χ1n) is 12.0. The van der Waals surface area contributed by atoms with Gasteiger partial charge in [0.1, 0.15) is 5.82 Å². The molecule has 0 bridgehead atoms. The van der Waals surface area contributed by atoms with E-state index in [2.05, 4.69) is 20.6 Å². The summed E-state index contributed by atoms with van der Waals surface area (Å²) in [5.74, 6) is 0.161. The number of primary amides is 1. The molecule has 7 nitrogen and oxygen atoms in total. The Labute approximate surface area is 207 Å². The largest absolute Gasteiger partial charge is 0.401 e. The summed E-state index contributed by atoms with van der Waals surface area (Å²) in [6.07, 6.45) is 3.49. The Kier molecular flexibility index (Phi) is 8.01. The summed E-state index contributed by atoms with van der Waals surface area (Å²) >= 11 is 6.61. The molecule has 1 amide bonds. The van der Waals surface area contributed by atoms with Crippen molar-refractivity contribution in [2.75, 3.05) is 16.3 Å². The van der Waals surface area contributed by atoms with E-state index < -0.39 is 12.7 Å². The van der Waals surface area contributed by atoms with Crippen molar-refractivity contribution in [3.05, 3.63) is 41.6 Å². The van der Waals surface area contributed by atoms with Gasteiger partial charge in [0.2, 0.25) is 11.9 Å². The van der Waals surface area contributed by atoms with Crippen molar-refractivity contribution < 1.29 is 18.0 Å². The van der Waals surface area contributed by atoms with Crippen LogP contribution in [0.25, 0.3) is 0 Å². The number of alkyl halides is 3. The van der Waals surface area contributed by atoms with E-state index in [-0.39, 0.29) is 23.9 Å². The number of hydrogen-bond acceptors (Lipinski definition) is 6. The Morgan fingerprint density at radius 3 is 2.60 bits per heavy atom. The normalized spacial score (nSPS) is 22.7.